The van der Waals surface area contributed by atoms with Crippen molar-refractivity contribution < 1.29 is 19.4 Å². The number of hydrogen-bond donors (Lipinski definition) is 1. The molecule has 1 fully saturated rings. The summed E-state index contributed by atoms with van der Waals surface area (Å²) < 4.78 is 6.02. The molecule has 5 rings (SSSR count). The minimum atomic E-state index is -0.546. The lowest BCUT2D eigenvalue weighted by Gasteiger charge is -2.37. The van der Waals surface area contributed by atoms with Crippen LogP contribution in [0.2, 0.25) is 0 Å². The molecule has 0 spiro atoms. The van der Waals surface area contributed by atoms with Gasteiger partial charge in [-0.3, -0.25) is 24.3 Å². The van der Waals surface area contributed by atoms with E-state index in [4.69, 9.17) is 4.74 Å². The van der Waals surface area contributed by atoms with Crippen molar-refractivity contribution in [1.29, 1.82) is 0 Å². The SMILES string of the molecule is CCC(OCC(O)CN1CCN(CCN2C(=O)c3cccc4cccc(c34)C2=O)CC1)c1ccccc1.Cl. The molecule has 0 bridgehead atoms. The van der Waals surface area contributed by atoms with Crippen LogP contribution in [0.5, 0.6) is 0 Å². The predicted octanol–water partition coefficient (Wildman–Crippen LogP) is 4.00. The average molecular weight is 538 g/mol. The zero-order valence-corrected chi connectivity index (χ0v) is 22.6. The first kappa shape index (κ1) is 28.2. The number of imide groups is 1. The van der Waals surface area contributed by atoms with E-state index in [1.165, 1.54) is 4.90 Å². The van der Waals surface area contributed by atoms with Crippen LogP contribution in [0.15, 0.2) is 66.7 Å². The third kappa shape index (κ3) is 6.08. The molecule has 202 valence electrons. The molecule has 0 saturated carbocycles. The standard InChI is InChI=1S/C30H35N3O4.ClH/c1-2-27(22-8-4-3-5-9-22)37-21-24(34)20-32-16-14-31(15-17-32)18-19-33-29(35)25-12-6-10-23-11-7-13-26(28(23)25)30(33)36;/h3-13,24,27,34H,2,14-21H2,1H3;1H. The number of rotatable bonds is 10. The molecule has 0 aromatic heterocycles. The van der Waals surface area contributed by atoms with Gasteiger partial charge >= 0.3 is 0 Å². The van der Waals surface area contributed by atoms with Gasteiger partial charge in [-0.15, -0.1) is 12.4 Å². The van der Waals surface area contributed by atoms with Crippen molar-refractivity contribution in [3.8, 4) is 0 Å². The van der Waals surface area contributed by atoms with Crippen molar-refractivity contribution in [3.63, 3.8) is 0 Å². The van der Waals surface area contributed by atoms with Gasteiger partial charge in [0.05, 0.1) is 18.8 Å². The third-order valence-corrected chi connectivity index (χ3v) is 7.46. The van der Waals surface area contributed by atoms with E-state index in [1.807, 2.05) is 54.6 Å². The Morgan fingerprint density at radius 3 is 2.03 bits per heavy atom. The highest BCUT2D eigenvalue weighted by atomic mass is 35.5. The van der Waals surface area contributed by atoms with Crippen molar-refractivity contribution in [2.45, 2.75) is 25.6 Å². The van der Waals surface area contributed by atoms with E-state index < -0.39 is 6.10 Å². The Morgan fingerprint density at radius 1 is 0.816 bits per heavy atom. The Labute approximate surface area is 230 Å². The number of β-amino-alcohol motifs (C(OH)–C–C–N with tert-alkyl or cyclic N) is 1. The fourth-order valence-corrected chi connectivity index (χ4v) is 5.42. The van der Waals surface area contributed by atoms with E-state index in [-0.39, 0.29) is 30.3 Å². The maximum absolute atomic E-state index is 13.1. The molecule has 1 N–H and O–H groups in total. The van der Waals surface area contributed by atoms with E-state index in [1.54, 1.807) is 0 Å². The van der Waals surface area contributed by atoms with Gasteiger partial charge in [0.1, 0.15) is 0 Å². The van der Waals surface area contributed by atoms with Crippen molar-refractivity contribution in [2.75, 3.05) is 52.4 Å². The number of amides is 2. The first-order valence-electron chi connectivity index (χ1n) is 13.2. The lowest BCUT2D eigenvalue weighted by atomic mass is 9.94. The summed E-state index contributed by atoms with van der Waals surface area (Å²) in [6, 6.07) is 21.4. The second-order valence-corrected chi connectivity index (χ2v) is 9.91. The van der Waals surface area contributed by atoms with E-state index in [9.17, 15) is 14.7 Å². The molecule has 2 aliphatic heterocycles. The third-order valence-electron chi connectivity index (χ3n) is 7.46. The Morgan fingerprint density at radius 2 is 1.42 bits per heavy atom. The highest BCUT2D eigenvalue weighted by Gasteiger charge is 2.33. The average Bonchev–Trinajstić information content (AvgIpc) is 2.93. The Kier molecular flexibility index (Phi) is 9.52. The molecule has 1 saturated heterocycles. The molecule has 38 heavy (non-hydrogen) atoms. The van der Waals surface area contributed by atoms with Crippen LogP contribution in [0.4, 0.5) is 0 Å². The van der Waals surface area contributed by atoms with Crippen LogP contribution in [-0.2, 0) is 4.74 Å². The summed E-state index contributed by atoms with van der Waals surface area (Å²) in [7, 11) is 0. The highest BCUT2D eigenvalue weighted by Crippen LogP contribution is 2.30. The van der Waals surface area contributed by atoms with Crippen LogP contribution in [0.1, 0.15) is 45.7 Å². The van der Waals surface area contributed by atoms with Gasteiger partial charge in [-0.2, -0.15) is 0 Å². The van der Waals surface area contributed by atoms with Crippen LogP contribution in [-0.4, -0.2) is 90.1 Å². The molecule has 0 radical (unpaired) electrons. The number of piperazine rings is 1. The zero-order valence-electron chi connectivity index (χ0n) is 21.8. The molecule has 2 aliphatic rings. The molecular weight excluding hydrogens is 502 g/mol. The second-order valence-electron chi connectivity index (χ2n) is 9.91. The number of ether oxygens (including phenoxy) is 1. The largest absolute Gasteiger partial charge is 0.389 e. The fraction of sp³-hybridized carbons (Fsp3) is 0.400. The van der Waals surface area contributed by atoms with Crippen LogP contribution < -0.4 is 0 Å². The van der Waals surface area contributed by atoms with Gasteiger partial charge < -0.3 is 9.84 Å². The lowest BCUT2D eigenvalue weighted by Crippen LogP contribution is -2.51. The monoisotopic (exact) mass is 537 g/mol. The first-order chi connectivity index (χ1) is 18.0. The van der Waals surface area contributed by atoms with Crippen LogP contribution in [0.3, 0.4) is 0 Å². The summed E-state index contributed by atoms with van der Waals surface area (Å²) in [6.45, 7) is 7.31. The number of aliphatic hydroxyl groups excluding tert-OH is 1. The molecule has 3 aromatic rings. The van der Waals surface area contributed by atoms with Crippen molar-refractivity contribution >= 4 is 35.0 Å². The van der Waals surface area contributed by atoms with Crippen LogP contribution in [0, 0.1) is 0 Å². The summed E-state index contributed by atoms with van der Waals surface area (Å²) in [4.78, 5) is 32.2. The highest BCUT2D eigenvalue weighted by molar-refractivity contribution is 6.25. The minimum absolute atomic E-state index is 0. The minimum Gasteiger partial charge on any atom is -0.389 e. The molecule has 2 atom stereocenters. The van der Waals surface area contributed by atoms with Gasteiger partial charge in [-0.1, -0.05) is 61.5 Å². The summed E-state index contributed by atoms with van der Waals surface area (Å²) >= 11 is 0. The zero-order chi connectivity index (χ0) is 25.8. The summed E-state index contributed by atoms with van der Waals surface area (Å²) in [5.41, 5.74) is 2.34. The molecule has 2 heterocycles. The lowest BCUT2D eigenvalue weighted by molar-refractivity contribution is -0.0282. The van der Waals surface area contributed by atoms with Crippen molar-refractivity contribution in [2.24, 2.45) is 0 Å². The molecule has 3 aromatic carbocycles. The Hall–Kier alpha value is -2.81. The van der Waals surface area contributed by atoms with E-state index >= 15 is 0 Å². The summed E-state index contributed by atoms with van der Waals surface area (Å²) in [5.74, 6) is -0.422. The number of benzene rings is 3. The predicted molar refractivity (Wildman–Crippen MR) is 151 cm³/mol. The maximum atomic E-state index is 13.1. The number of carbonyl (C=O) groups excluding carboxylic acids is 2. The molecule has 7 nitrogen and oxygen atoms in total. The number of nitrogens with zero attached hydrogens (tertiary/aromatic N) is 3. The smallest absolute Gasteiger partial charge is 0.261 e. The number of aliphatic hydroxyl groups is 1. The van der Waals surface area contributed by atoms with E-state index in [0.717, 1.165) is 48.9 Å². The number of halogens is 1. The Balaban J connectivity index is 0.00000336. The Bertz CT molecular complexity index is 1200. The van der Waals surface area contributed by atoms with Gasteiger partial charge in [-0.05, 0) is 29.5 Å². The van der Waals surface area contributed by atoms with Crippen molar-refractivity contribution in [1.82, 2.24) is 14.7 Å². The van der Waals surface area contributed by atoms with Crippen molar-refractivity contribution in [3.05, 3.63) is 83.4 Å². The summed E-state index contributed by atoms with van der Waals surface area (Å²) in [5, 5.41) is 12.3. The van der Waals surface area contributed by atoms with E-state index in [2.05, 4.69) is 28.9 Å². The normalized spacial score (nSPS) is 17.9. The van der Waals surface area contributed by atoms with Gasteiger partial charge in [0.25, 0.3) is 11.8 Å². The fourth-order valence-electron chi connectivity index (χ4n) is 5.42. The van der Waals surface area contributed by atoms with Gasteiger partial charge in [-0.25, -0.2) is 0 Å². The van der Waals surface area contributed by atoms with E-state index in [0.29, 0.717) is 37.4 Å². The number of hydrogen-bond acceptors (Lipinski definition) is 6. The van der Waals surface area contributed by atoms with Crippen LogP contribution in [0.25, 0.3) is 10.8 Å². The molecule has 2 unspecified atom stereocenters. The molecule has 0 aliphatic carbocycles. The van der Waals surface area contributed by atoms with Gasteiger partial charge in [0.15, 0.2) is 0 Å². The first-order valence-corrected chi connectivity index (χ1v) is 13.2. The topological polar surface area (TPSA) is 73.3 Å². The molecule has 8 heteroatoms. The van der Waals surface area contributed by atoms with Gasteiger partial charge in [0, 0.05) is 62.3 Å². The molecule has 2 amide bonds. The molecular formula is C30H36ClN3O4. The quantitative estimate of drug-likeness (QED) is 0.394. The van der Waals surface area contributed by atoms with Crippen LogP contribution >= 0.6 is 12.4 Å². The number of carbonyl (C=O) groups is 2. The van der Waals surface area contributed by atoms with Gasteiger partial charge in [0.2, 0.25) is 0 Å². The maximum Gasteiger partial charge on any atom is 0.261 e. The second kappa shape index (κ2) is 12.8. The summed E-state index contributed by atoms with van der Waals surface area (Å²) in [6.07, 6.45) is 0.306.